The molecular weight excluding hydrogens is 425 g/mol. The minimum Gasteiger partial charge on any atom is -0.468 e. The van der Waals surface area contributed by atoms with E-state index in [9.17, 15) is 21.6 Å². The number of halogens is 3. The number of thioether (sulfide) groups is 1. The van der Waals surface area contributed by atoms with Crippen molar-refractivity contribution in [2.75, 3.05) is 12.3 Å². The maximum Gasteiger partial charge on any atom is 0.452 e. The molecule has 0 aromatic carbocycles. The predicted molar refractivity (Wildman–Crippen MR) is 94.9 cm³/mol. The van der Waals surface area contributed by atoms with E-state index in [1.54, 1.807) is 12.3 Å². The first-order valence-electron chi connectivity index (χ1n) is 7.49. The Hall–Kier alpha value is -1.76. The van der Waals surface area contributed by atoms with E-state index in [-0.39, 0.29) is 21.3 Å². The van der Waals surface area contributed by atoms with E-state index in [4.69, 9.17) is 4.42 Å². The van der Waals surface area contributed by atoms with E-state index >= 15 is 0 Å². The molecule has 0 aliphatic rings. The number of sulfonamides is 1. The summed E-state index contributed by atoms with van der Waals surface area (Å²) in [6, 6.07) is 7.06. The number of nitrogens with one attached hydrogen (secondary N) is 1. The molecule has 0 saturated carbocycles. The first-order chi connectivity index (χ1) is 12.8. The molecule has 0 aliphatic heterocycles. The van der Waals surface area contributed by atoms with Gasteiger partial charge in [-0.2, -0.15) is 24.9 Å². The van der Waals surface area contributed by atoms with Crippen LogP contribution in [0.5, 0.6) is 0 Å². The predicted octanol–water partition coefficient (Wildman–Crippen LogP) is 4.23. The molecule has 12 heteroatoms. The number of hydrogen-bond acceptors (Lipinski definition) is 7. The summed E-state index contributed by atoms with van der Waals surface area (Å²) in [7, 11) is -3.75. The SMILES string of the molecule is O=S(=O)(NCCSCc1ccco1)c1ccc(-c2cc(C(F)(F)F)on2)s1. The van der Waals surface area contributed by atoms with Crippen LogP contribution in [-0.2, 0) is 22.0 Å². The first kappa shape index (κ1) is 20.0. The smallest absolute Gasteiger partial charge is 0.452 e. The van der Waals surface area contributed by atoms with Gasteiger partial charge in [0.15, 0.2) is 0 Å². The van der Waals surface area contributed by atoms with Gasteiger partial charge in [0, 0.05) is 18.4 Å². The highest BCUT2D eigenvalue weighted by atomic mass is 32.2. The summed E-state index contributed by atoms with van der Waals surface area (Å²) in [5, 5.41) is 3.35. The maximum absolute atomic E-state index is 12.6. The van der Waals surface area contributed by atoms with E-state index in [0.717, 1.165) is 23.2 Å². The Bertz CT molecular complexity index is 978. The largest absolute Gasteiger partial charge is 0.468 e. The van der Waals surface area contributed by atoms with Gasteiger partial charge in [-0.05, 0) is 24.3 Å². The second-order valence-electron chi connectivity index (χ2n) is 5.22. The molecule has 0 fully saturated rings. The third-order valence-corrected chi connectivity index (χ3v) is 7.29. The monoisotopic (exact) mass is 438 g/mol. The lowest BCUT2D eigenvalue weighted by molar-refractivity contribution is -0.155. The van der Waals surface area contributed by atoms with Crippen molar-refractivity contribution in [1.82, 2.24) is 9.88 Å². The van der Waals surface area contributed by atoms with Crippen molar-refractivity contribution in [3.63, 3.8) is 0 Å². The van der Waals surface area contributed by atoms with Gasteiger partial charge in [0.1, 0.15) is 15.7 Å². The molecule has 0 amide bonds. The zero-order valence-corrected chi connectivity index (χ0v) is 16.0. The highest BCUT2D eigenvalue weighted by molar-refractivity contribution is 7.98. The molecule has 27 heavy (non-hydrogen) atoms. The van der Waals surface area contributed by atoms with Crippen molar-refractivity contribution >= 4 is 33.1 Å². The fourth-order valence-electron chi connectivity index (χ4n) is 2.01. The fourth-order valence-corrected chi connectivity index (χ4v) is 5.23. The second-order valence-corrected chi connectivity index (χ2v) is 9.41. The van der Waals surface area contributed by atoms with Crippen LogP contribution < -0.4 is 4.72 Å². The van der Waals surface area contributed by atoms with Crippen LogP contribution in [0.25, 0.3) is 10.6 Å². The minimum absolute atomic E-state index is 0.00917. The van der Waals surface area contributed by atoms with Crippen LogP contribution in [0.1, 0.15) is 11.5 Å². The van der Waals surface area contributed by atoms with E-state index < -0.39 is 22.0 Å². The van der Waals surface area contributed by atoms with Crippen molar-refractivity contribution in [3.05, 3.63) is 48.1 Å². The third kappa shape index (κ3) is 5.15. The number of aromatic nitrogens is 1. The van der Waals surface area contributed by atoms with E-state index in [1.165, 1.54) is 23.9 Å². The van der Waals surface area contributed by atoms with Crippen molar-refractivity contribution in [3.8, 4) is 10.6 Å². The molecule has 6 nitrogen and oxygen atoms in total. The van der Waals surface area contributed by atoms with Gasteiger partial charge < -0.3 is 8.94 Å². The molecule has 146 valence electrons. The Morgan fingerprint density at radius 1 is 1.26 bits per heavy atom. The molecule has 3 aromatic heterocycles. The Morgan fingerprint density at radius 3 is 2.74 bits per heavy atom. The fraction of sp³-hybridized carbons (Fsp3) is 0.267. The Morgan fingerprint density at radius 2 is 2.07 bits per heavy atom. The molecule has 3 aromatic rings. The summed E-state index contributed by atoms with van der Waals surface area (Å²) in [4.78, 5) is 0.266. The summed E-state index contributed by atoms with van der Waals surface area (Å²) in [5.41, 5.74) is -0.0669. The van der Waals surface area contributed by atoms with Gasteiger partial charge in [0.2, 0.25) is 15.8 Å². The third-order valence-electron chi connectivity index (χ3n) is 3.25. The molecule has 0 radical (unpaired) electrons. The lowest BCUT2D eigenvalue weighted by Crippen LogP contribution is -2.25. The van der Waals surface area contributed by atoms with Gasteiger partial charge in [-0.3, -0.25) is 0 Å². The van der Waals surface area contributed by atoms with Crippen LogP contribution in [-0.4, -0.2) is 25.9 Å². The Labute approximate surface area is 160 Å². The van der Waals surface area contributed by atoms with Crippen molar-refractivity contribution < 1.29 is 30.5 Å². The number of hydrogen-bond donors (Lipinski definition) is 1. The van der Waals surface area contributed by atoms with Crippen LogP contribution in [0.2, 0.25) is 0 Å². The van der Waals surface area contributed by atoms with E-state index in [0.29, 0.717) is 11.5 Å². The van der Waals surface area contributed by atoms with Crippen LogP contribution in [0, 0.1) is 0 Å². The minimum atomic E-state index is -4.65. The van der Waals surface area contributed by atoms with Gasteiger partial charge in [0.25, 0.3) is 0 Å². The van der Waals surface area contributed by atoms with Gasteiger partial charge in [-0.25, -0.2) is 13.1 Å². The van der Waals surface area contributed by atoms with Crippen LogP contribution in [0.4, 0.5) is 13.2 Å². The maximum atomic E-state index is 12.6. The zero-order chi connectivity index (χ0) is 19.5. The molecule has 0 spiro atoms. The molecule has 3 heterocycles. The Balaban J connectivity index is 1.56. The standard InChI is InChI=1S/C15H13F3N2O4S3/c16-15(17,18)13-8-11(20-24-13)12-3-4-14(26-12)27(21,22)19-5-7-25-9-10-2-1-6-23-10/h1-4,6,8,19H,5,7,9H2. The molecule has 0 bridgehead atoms. The van der Waals surface area contributed by atoms with Gasteiger partial charge in [-0.15, -0.1) is 11.3 Å². The number of thiophene rings is 1. The molecule has 1 N–H and O–H groups in total. The summed E-state index contributed by atoms with van der Waals surface area (Å²) in [6.45, 7) is 0.211. The van der Waals surface area contributed by atoms with Crippen molar-refractivity contribution in [1.29, 1.82) is 0 Å². The quantitative estimate of drug-likeness (QED) is 0.530. The molecule has 0 unspecified atom stereocenters. The van der Waals surface area contributed by atoms with Crippen molar-refractivity contribution in [2.45, 2.75) is 16.1 Å². The van der Waals surface area contributed by atoms with Gasteiger partial charge in [0.05, 0.1) is 16.9 Å². The molecular formula is C15H13F3N2O4S3. The lowest BCUT2D eigenvalue weighted by Gasteiger charge is -2.04. The van der Waals surface area contributed by atoms with Crippen LogP contribution >= 0.6 is 23.1 Å². The number of furan rings is 1. The highest BCUT2D eigenvalue weighted by Crippen LogP contribution is 2.35. The summed E-state index contributed by atoms with van der Waals surface area (Å²) in [6.07, 6.45) is -3.08. The molecule has 0 atom stereocenters. The molecule has 0 saturated heterocycles. The van der Waals surface area contributed by atoms with E-state index in [2.05, 4.69) is 14.4 Å². The van der Waals surface area contributed by atoms with E-state index in [1.807, 2.05) is 6.07 Å². The first-order valence-corrected chi connectivity index (χ1v) is 10.9. The number of rotatable bonds is 8. The summed E-state index contributed by atoms with van der Waals surface area (Å²) < 4.78 is 74.1. The highest BCUT2D eigenvalue weighted by Gasteiger charge is 2.36. The van der Waals surface area contributed by atoms with Gasteiger partial charge >= 0.3 is 6.18 Å². The lowest BCUT2D eigenvalue weighted by atomic mass is 10.3. The Kier molecular flexibility index (Phi) is 5.99. The van der Waals surface area contributed by atoms with Crippen molar-refractivity contribution in [2.24, 2.45) is 0 Å². The molecule has 0 aliphatic carbocycles. The van der Waals surface area contributed by atoms with Crippen LogP contribution in [0.3, 0.4) is 0 Å². The van der Waals surface area contributed by atoms with Gasteiger partial charge in [-0.1, -0.05) is 5.16 Å². The average Bonchev–Trinajstić information content (AvgIpc) is 3.33. The number of alkyl halides is 3. The topological polar surface area (TPSA) is 85.3 Å². The normalized spacial score (nSPS) is 12.6. The second kappa shape index (κ2) is 8.09. The molecule has 3 rings (SSSR count). The number of nitrogens with zero attached hydrogens (tertiary/aromatic N) is 1. The zero-order valence-electron chi connectivity index (χ0n) is 13.5. The van der Waals surface area contributed by atoms with Crippen LogP contribution in [0.15, 0.2) is 49.7 Å². The summed E-state index contributed by atoms with van der Waals surface area (Å²) >= 11 is 2.32. The summed E-state index contributed by atoms with van der Waals surface area (Å²) in [5.74, 6) is 0.737. The average molecular weight is 438 g/mol.